The number of hydrogen-bond donors (Lipinski definition) is 1. The summed E-state index contributed by atoms with van der Waals surface area (Å²) in [5, 5.41) is 3.45. The topological polar surface area (TPSA) is 47.0 Å². The van der Waals surface area contributed by atoms with Gasteiger partial charge in [0.1, 0.15) is 5.75 Å². The molecule has 1 aromatic heterocycles. The molecule has 0 atom stereocenters. The molecule has 0 aliphatic carbocycles. The van der Waals surface area contributed by atoms with Crippen molar-refractivity contribution in [3.63, 3.8) is 0 Å². The van der Waals surface area contributed by atoms with E-state index in [1.165, 1.54) is 11.1 Å². The molecule has 1 heterocycles. The van der Waals surface area contributed by atoms with Crippen LogP contribution in [0.2, 0.25) is 0 Å². The van der Waals surface area contributed by atoms with Gasteiger partial charge < -0.3 is 10.1 Å². The Morgan fingerprint density at radius 1 is 0.955 bits per heavy atom. The molecule has 0 spiro atoms. The number of nitrogens with zero attached hydrogens (tertiary/aromatic N) is 2. The molecule has 0 radical (unpaired) electrons. The summed E-state index contributed by atoms with van der Waals surface area (Å²) in [4.78, 5) is 8.62. The van der Waals surface area contributed by atoms with Crippen LogP contribution in [-0.4, -0.2) is 16.6 Å². The molecule has 112 valence electrons. The maximum absolute atomic E-state index is 5.64. The maximum atomic E-state index is 5.64. The summed E-state index contributed by atoms with van der Waals surface area (Å²) in [6.07, 6.45) is 3.43. The summed E-state index contributed by atoms with van der Waals surface area (Å²) < 4.78 is 5.64. The first-order valence-electron chi connectivity index (χ1n) is 7.48. The minimum absolute atomic E-state index is 0.681. The molecule has 0 bridgehead atoms. The molecular weight excluding hydrogens is 274 g/mol. The van der Waals surface area contributed by atoms with Crippen LogP contribution in [-0.2, 0) is 13.1 Å². The third-order valence-corrected chi connectivity index (χ3v) is 3.45. The Bertz CT molecular complexity index is 758. The Hall–Kier alpha value is -2.46. The number of hydrogen-bond acceptors (Lipinski definition) is 4. The smallest absolute Gasteiger partial charge is 0.123 e. The zero-order chi connectivity index (χ0) is 15.2. The predicted octanol–water partition coefficient (Wildman–Crippen LogP) is 3.32. The molecule has 0 saturated heterocycles. The van der Waals surface area contributed by atoms with Crippen molar-refractivity contribution >= 4 is 11.0 Å². The monoisotopic (exact) mass is 293 g/mol. The van der Waals surface area contributed by atoms with Crippen molar-refractivity contribution in [1.82, 2.24) is 15.3 Å². The molecule has 0 fully saturated rings. The van der Waals surface area contributed by atoms with Gasteiger partial charge in [-0.15, -0.1) is 0 Å². The van der Waals surface area contributed by atoms with E-state index in [-0.39, 0.29) is 0 Å². The molecule has 0 amide bonds. The normalized spacial score (nSPS) is 10.8. The molecule has 22 heavy (non-hydrogen) atoms. The van der Waals surface area contributed by atoms with E-state index in [4.69, 9.17) is 4.74 Å². The highest BCUT2D eigenvalue weighted by Crippen LogP contribution is 2.18. The van der Waals surface area contributed by atoms with Gasteiger partial charge in [0, 0.05) is 31.0 Å². The number of para-hydroxylation sites is 1. The Morgan fingerprint density at radius 3 is 2.64 bits per heavy atom. The summed E-state index contributed by atoms with van der Waals surface area (Å²) in [7, 11) is 0. The van der Waals surface area contributed by atoms with Crippen molar-refractivity contribution < 1.29 is 4.74 Å². The average Bonchev–Trinajstić information content (AvgIpc) is 2.56. The number of benzene rings is 2. The summed E-state index contributed by atoms with van der Waals surface area (Å²) >= 11 is 0. The van der Waals surface area contributed by atoms with Gasteiger partial charge in [-0.25, -0.2) is 0 Å². The van der Waals surface area contributed by atoms with Gasteiger partial charge in [0.25, 0.3) is 0 Å². The van der Waals surface area contributed by atoms with E-state index < -0.39 is 0 Å². The van der Waals surface area contributed by atoms with Crippen LogP contribution in [0.3, 0.4) is 0 Å². The number of nitrogens with one attached hydrogen (secondary N) is 1. The van der Waals surface area contributed by atoms with Crippen molar-refractivity contribution in [3.05, 3.63) is 66.0 Å². The maximum Gasteiger partial charge on any atom is 0.123 e. The molecule has 0 unspecified atom stereocenters. The van der Waals surface area contributed by atoms with Crippen LogP contribution >= 0.6 is 0 Å². The number of fused-ring (bicyclic) bond motifs is 1. The minimum Gasteiger partial charge on any atom is -0.494 e. The lowest BCUT2D eigenvalue weighted by atomic mass is 10.1. The Balaban J connectivity index is 1.64. The third-order valence-electron chi connectivity index (χ3n) is 3.45. The number of aromatic nitrogens is 2. The highest BCUT2D eigenvalue weighted by Gasteiger charge is 2.02. The van der Waals surface area contributed by atoms with E-state index in [1.807, 2.05) is 31.2 Å². The number of ether oxygens (including phenoxy) is 1. The lowest BCUT2D eigenvalue weighted by Crippen LogP contribution is -2.13. The lowest BCUT2D eigenvalue weighted by molar-refractivity contribution is 0.335. The quantitative estimate of drug-likeness (QED) is 0.757. The van der Waals surface area contributed by atoms with Crippen LogP contribution < -0.4 is 10.1 Å². The van der Waals surface area contributed by atoms with Gasteiger partial charge >= 0.3 is 0 Å². The van der Waals surface area contributed by atoms with Crippen LogP contribution in [0.1, 0.15) is 18.1 Å². The zero-order valence-electron chi connectivity index (χ0n) is 12.6. The molecule has 3 aromatic rings. The average molecular weight is 293 g/mol. The second-order valence-corrected chi connectivity index (χ2v) is 5.02. The van der Waals surface area contributed by atoms with E-state index in [0.717, 1.165) is 29.9 Å². The molecule has 1 N–H and O–H groups in total. The van der Waals surface area contributed by atoms with Crippen LogP contribution in [0, 0.1) is 0 Å². The molecule has 0 aliphatic heterocycles. The van der Waals surface area contributed by atoms with Crippen LogP contribution in [0.25, 0.3) is 11.0 Å². The Kier molecular flexibility index (Phi) is 4.61. The first-order valence-corrected chi connectivity index (χ1v) is 7.48. The fraction of sp³-hybridized carbons (Fsp3) is 0.222. The summed E-state index contributed by atoms with van der Waals surface area (Å²) in [6, 6.07) is 14.3. The van der Waals surface area contributed by atoms with Gasteiger partial charge in [-0.05, 0) is 30.7 Å². The van der Waals surface area contributed by atoms with E-state index in [9.17, 15) is 0 Å². The van der Waals surface area contributed by atoms with E-state index >= 15 is 0 Å². The van der Waals surface area contributed by atoms with Gasteiger partial charge in [-0.1, -0.05) is 24.3 Å². The molecule has 0 saturated carbocycles. The van der Waals surface area contributed by atoms with E-state index in [1.54, 1.807) is 12.4 Å². The van der Waals surface area contributed by atoms with Crippen molar-refractivity contribution in [2.24, 2.45) is 0 Å². The molecular formula is C18H19N3O. The van der Waals surface area contributed by atoms with E-state index in [0.29, 0.717) is 6.61 Å². The zero-order valence-corrected chi connectivity index (χ0v) is 12.6. The predicted molar refractivity (Wildman–Crippen MR) is 87.7 cm³/mol. The summed E-state index contributed by atoms with van der Waals surface area (Å²) in [5.41, 5.74) is 4.22. The fourth-order valence-electron chi connectivity index (χ4n) is 2.41. The Labute approximate surface area is 130 Å². The molecule has 3 rings (SSSR count). The standard InChI is InChI=1S/C18H19N3O/c1-2-22-18-6-4-3-5-15(18)13-19-12-14-7-8-16-17(11-14)21-10-9-20-16/h3-11,19H,2,12-13H2,1H3. The Morgan fingerprint density at radius 2 is 1.77 bits per heavy atom. The number of rotatable bonds is 6. The molecule has 4 heteroatoms. The fourth-order valence-corrected chi connectivity index (χ4v) is 2.41. The largest absolute Gasteiger partial charge is 0.494 e. The van der Waals surface area contributed by atoms with Crippen LogP contribution in [0.15, 0.2) is 54.9 Å². The highest BCUT2D eigenvalue weighted by atomic mass is 16.5. The minimum atomic E-state index is 0.681. The van der Waals surface area contributed by atoms with Crippen LogP contribution in [0.4, 0.5) is 0 Å². The van der Waals surface area contributed by atoms with E-state index in [2.05, 4.69) is 33.5 Å². The van der Waals surface area contributed by atoms with Crippen molar-refractivity contribution in [2.45, 2.75) is 20.0 Å². The molecule has 4 nitrogen and oxygen atoms in total. The van der Waals surface area contributed by atoms with Gasteiger partial charge in [0.2, 0.25) is 0 Å². The van der Waals surface area contributed by atoms with Crippen molar-refractivity contribution in [1.29, 1.82) is 0 Å². The highest BCUT2D eigenvalue weighted by molar-refractivity contribution is 5.74. The van der Waals surface area contributed by atoms with Gasteiger partial charge in [0.15, 0.2) is 0 Å². The third kappa shape index (κ3) is 3.40. The van der Waals surface area contributed by atoms with Crippen LogP contribution in [0.5, 0.6) is 5.75 Å². The van der Waals surface area contributed by atoms with Gasteiger partial charge in [-0.3, -0.25) is 9.97 Å². The second kappa shape index (κ2) is 7.00. The SMILES string of the molecule is CCOc1ccccc1CNCc1ccc2nccnc2c1. The molecule has 2 aromatic carbocycles. The van der Waals surface area contributed by atoms with Crippen molar-refractivity contribution in [2.75, 3.05) is 6.61 Å². The summed E-state index contributed by atoms with van der Waals surface area (Å²) in [6.45, 7) is 4.24. The first-order chi connectivity index (χ1) is 10.9. The second-order valence-electron chi connectivity index (χ2n) is 5.02. The summed E-state index contributed by atoms with van der Waals surface area (Å²) in [5.74, 6) is 0.946. The van der Waals surface area contributed by atoms with Gasteiger partial charge in [-0.2, -0.15) is 0 Å². The molecule has 0 aliphatic rings. The first kappa shape index (κ1) is 14.5. The lowest BCUT2D eigenvalue weighted by Gasteiger charge is -2.11. The van der Waals surface area contributed by atoms with Crippen molar-refractivity contribution in [3.8, 4) is 5.75 Å². The van der Waals surface area contributed by atoms with Gasteiger partial charge in [0.05, 0.1) is 17.6 Å².